The first kappa shape index (κ1) is 11.2. The van der Waals surface area contributed by atoms with Gasteiger partial charge in [-0.25, -0.2) is 0 Å². The molecule has 0 fully saturated rings. The highest BCUT2D eigenvalue weighted by molar-refractivity contribution is 6.18. The van der Waals surface area contributed by atoms with E-state index in [0.29, 0.717) is 0 Å². The van der Waals surface area contributed by atoms with Gasteiger partial charge in [-0.15, -0.1) is 11.6 Å². The van der Waals surface area contributed by atoms with Crippen molar-refractivity contribution < 1.29 is 14.5 Å². The maximum atomic E-state index is 10.4. The largest absolute Gasteiger partial charge is 0.454 e. The van der Waals surface area contributed by atoms with Crippen LogP contribution in [0.25, 0.3) is 0 Å². The van der Waals surface area contributed by atoms with Crippen molar-refractivity contribution >= 4 is 17.6 Å². The summed E-state index contributed by atoms with van der Waals surface area (Å²) in [6, 6.07) is -0.966. The summed E-state index contributed by atoms with van der Waals surface area (Å²) < 4.78 is 4.61. The zero-order valence-electron chi connectivity index (χ0n) is 6.82. The molecule has 0 aromatic carbocycles. The van der Waals surface area contributed by atoms with E-state index in [1.165, 1.54) is 13.8 Å². The molecule has 0 aliphatic rings. The standard InChI is InChI=1S/C6H10ClNO4/c1-4(8(10)11)6(3-7)12-5(2)9/h4,6H,3H2,1-2H3/t4-,6-/m0/s1. The Kier molecular flexibility index (Phi) is 4.58. The molecule has 0 aliphatic heterocycles. The van der Waals surface area contributed by atoms with E-state index in [-0.39, 0.29) is 5.88 Å². The van der Waals surface area contributed by atoms with Crippen molar-refractivity contribution in [3.05, 3.63) is 10.1 Å². The Balaban J connectivity index is 4.14. The molecule has 12 heavy (non-hydrogen) atoms. The summed E-state index contributed by atoms with van der Waals surface area (Å²) in [5.41, 5.74) is 0. The van der Waals surface area contributed by atoms with Gasteiger partial charge in [0.2, 0.25) is 6.04 Å². The first-order valence-corrected chi connectivity index (χ1v) is 3.89. The third kappa shape index (κ3) is 3.52. The number of nitrogens with zero attached hydrogens (tertiary/aromatic N) is 1. The zero-order valence-corrected chi connectivity index (χ0v) is 7.58. The fourth-order valence-corrected chi connectivity index (χ4v) is 0.929. The lowest BCUT2D eigenvalue weighted by Gasteiger charge is -2.14. The van der Waals surface area contributed by atoms with Crippen molar-refractivity contribution in [1.82, 2.24) is 0 Å². The summed E-state index contributed by atoms with van der Waals surface area (Å²) in [4.78, 5) is 20.1. The van der Waals surface area contributed by atoms with Crippen LogP contribution in [0.4, 0.5) is 0 Å². The fourth-order valence-electron chi connectivity index (χ4n) is 0.608. The number of hydrogen-bond donors (Lipinski definition) is 0. The van der Waals surface area contributed by atoms with E-state index >= 15 is 0 Å². The van der Waals surface area contributed by atoms with Gasteiger partial charge in [0.15, 0.2) is 6.10 Å². The number of alkyl halides is 1. The van der Waals surface area contributed by atoms with Crippen molar-refractivity contribution in [2.45, 2.75) is 26.0 Å². The van der Waals surface area contributed by atoms with Crippen molar-refractivity contribution in [3.63, 3.8) is 0 Å². The monoisotopic (exact) mass is 195 g/mol. The molecule has 0 saturated heterocycles. The molecule has 0 rings (SSSR count). The predicted octanol–water partition coefficient (Wildman–Crippen LogP) is 0.822. The maximum Gasteiger partial charge on any atom is 0.303 e. The Morgan fingerprint density at radius 1 is 1.75 bits per heavy atom. The number of rotatable bonds is 4. The van der Waals surface area contributed by atoms with E-state index in [4.69, 9.17) is 11.6 Å². The summed E-state index contributed by atoms with van der Waals surface area (Å²) in [5.74, 6) is -0.629. The van der Waals surface area contributed by atoms with Gasteiger partial charge in [-0.05, 0) is 0 Å². The Morgan fingerprint density at radius 3 is 2.50 bits per heavy atom. The van der Waals surface area contributed by atoms with E-state index < -0.39 is 23.0 Å². The molecule has 0 saturated carbocycles. The minimum atomic E-state index is -0.966. The van der Waals surface area contributed by atoms with Gasteiger partial charge in [0, 0.05) is 18.8 Å². The van der Waals surface area contributed by atoms with Gasteiger partial charge in [0.25, 0.3) is 0 Å². The van der Waals surface area contributed by atoms with Gasteiger partial charge in [-0.3, -0.25) is 14.9 Å². The summed E-state index contributed by atoms with van der Waals surface area (Å²) in [5, 5.41) is 10.2. The van der Waals surface area contributed by atoms with Crippen LogP contribution in [0.1, 0.15) is 13.8 Å². The van der Waals surface area contributed by atoms with Crippen LogP contribution >= 0.6 is 11.6 Å². The van der Waals surface area contributed by atoms with Crippen molar-refractivity contribution in [1.29, 1.82) is 0 Å². The highest BCUT2D eigenvalue weighted by Gasteiger charge is 2.28. The van der Waals surface area contributed by atoms with E-state index in [1.807, 2.05) is 0 Å². The third-order valence-electron chi connectivity index (χ3n) is 1.34. The quantitative estimate of drug-likeness (QED) is 0.288. The van der Waals surface area contributed by atoms with Gasteiger partial charge in [0.05, 0.1) is 5.88 Å². The molecule has 0 unspecified atom stereocenters. The maximum absolute atomic E-state index is 10.4. The molecule has 0 aromatic rings. The van der Waals surface area contributed by atoms with Crippen LogP contribution in [0.15, 0.2) is 0 Å². The average molecular weight is 196 g/mol. The molecule has 0 radical (unpaired) electrons. The Hall–Kier alpha value is -0.840. The van der Waals surface area contributed by atoms with E-state index in [2.05, 4.69) is 4.74 Å². The first-order valence-electron chi connectivity index (χ1n) is 3.35. The molecule has 2 atom stereocenters. The van der Waals surface area contributed by atoms with Crippen LogP contribution in [0, 0.1) is 10.1 Å². The average Bonchev–Trinajstić information content (AvgIpc) is 1.98. The number of halogens is 1. The Bertz CT molecular complexity index is 184. The van der Waals surface area contributed by atoms with Gasteiger partial charge in [-0.1, -0.05) is 0 Å². The van der Waals surface area contributed by atoms with E-state index in [9.17, 15) is 14.9 Å². The van der Waals surface area contributed by atoms with Crippen LogP contribution in [-0.4, -0.2) is 28.9 Å². The molecule has 6 heteroatoms. The molecule has 0 spiro atoms. The van der Waals surface area contributed by atoms with Crippen LogP contribution in [0.3, 0.4) is 0 Å². The molecule has 70 valence electrons. The number of ether oxygens (including phenoxy) is 1. The van der Waals surface area contributed by atoms with E-state index in [1.54, 1.807) is 0 Å². The lowest BCUT2D eigenvalue weighted by atomic mass is 10.2. The van der Waals surface area contributed by atoms with E-state index in [0.717, 1.165) is 0 Å². The SMILES string of the molecule is CC(=O)O[C@@H](CCl)[C@H](C)[N+](=O)[O-]. The Labute approximate surface area is 74.8 Å². The number of carbonyl (C=O) groups excluding carboxylic acids is 1. The predicted molar refractivity (Wildman–Crippen MR) is 42.7 cm³/mol. The number of esters is 1. The summed E-state index contributed by atoms with van der Waals surface area (Å²) in [6.45, 7) is 2.53. The van der Waals surface area contributed by atoms with Gasteiger partial charge >= 0.3 is 5.97 Å². The molecule has 0 bridgehead atoms. The smallest absolute Gasteiger partial charge is 0.303 e. The molecule has 0 amide bonds. The van der Waals surface area contributed by atoms with Crippen LogP contribution in [0.5, 0.6) is 0 Å². The molecule has 0 N–H and O–H groups in total. The van der Waals surface area contributed by atoms with Crippen LogP contribution in [0.2, 0.25) is 0 Å². The van der Waals surface area contributed by atoms with Crippen molar-refractivity contribution in [3.8, 4) is 0 Å². The van der Waals surface area contributed by atoms with Crippen LogP contribution in [-0.2, 0) is 9.53 Å². The molecule has 0 aliphatic carbocycles. The molecule has 0 aromatic heterocycles. The normalized spacial score (nSPS) is 14.9. The summed E-state index contributed by atoms with van der Waals surface area (Å²) in [6.07, 6.45) is -0.848. The van der Waals surface area contributed by atoms with Gasteiger partial charge in [0.1, 0.15) is 0 Å². The minimum Gasteiger partial charge on any atom is -0.454 e. The highest BCUT2D eigenvalue weighted by atomic mass is 35.5. The van der Waals surface area contributed by atoms with Gasteiger partial charge < -0.3 is 4.74 Å². The highest BCUT2D eigenvalue weighted by Crippen LogP contribution is 2.05. The Morgan fingerprint density at radius 2 is 2.25 bits per heavy atom. The summed E-state index contributed by atoms with van der Waals surface area (Å²) >= 11 is 5.37. The summed E-state index contributed by atoms with van der Waals surface area (Å²) in [7, 11) is 0. The zero-order chi connectivity index (χ0) is 9.72. The second-order valence-corrected chi connectivity index (χ2v) is 2.64. The first-order chi connectivity index (χ1) is 5.49. The topological polar surface area (TPSA) is 69.4 Å². The third-order valence-corrected chi connectivity index (χ3v) is 1.64. The number of nitro groups is 1. The van der Waals surface area contributed by atoms with Gasteiger partial charge in [-0.2, -0.15) is 0 Å². The molecular weight excluding hydrogens is 186 g/mol. The second kappa shape index (κ2) is 4.92. The second-order valence-electron chi connectivity index (χ2n) is 2.33. The number of hydrogen-bond acceptors (Lipinski definition) is 4. The molecule has 5 nitrogen and oxygen atoms in total. The van der Waals surface area contributed by atoms with Crippen molar-refractivity contribution in [2.75, 3.05) is 5.88 Å². The molecule has 0 heterocycles. The van der Waals surface area contributed by atoms with Crippen LogP contribution < -0.4 is 0 Å². The molecular formula is C6H10ClNO4. The lowest BCUT2D eigenvalue weighted by Crippen LogP contribution is -2.35. The lowest BCUT2D eigenvalue weighted by molar-refractivity contribution is -0.528. The fraction of sp³-hybridized carbons (Fsp3) is 0.833. The minimum absolute atomic E-state index is 0.0677. The van der Waals surface area contributed by atoms with Crippen molar-refractivity contribution in [2.24, 2.45) is 0 Å². The number of carbonyl (C=O) groups is 1.